The van der Waals surface area contributed by atoms with Crippen molar-refractivity contribution in [3.8, 4) is 11.5 Å². The summed E-state index contributed by atoms with van der Waals surface area (Å²) in [7, 11) is 0. The highest BCUT2D eigenvalue weighted by molar-refractivity contribution is 5.62. The minimum atomic E-state index is -0.780. The van der Waals surface area contributed by atoms with E-state index in [0.717, 1.165) is 67.1 Å². The summed E-state index contributed by atoms with van der Waals surface area (Å²) in [5.41, 5.74) is 1.99. The predicted octanol–water partition coefficient (Wildman–Crippen LogP) is 2.51. The van der Waals surface area contributed by atoms with Crippen molar-refractivity contribution in [2.45, 2.75) is 61.7 Å². The van der Waals surface area contributed by atoms with Crippen molar-refractivity contribution in [1.29, 1.82) is 0 Å². The molecule has 132 valence electrons. The molecule has 2 aliphatic heterocycles. The molecule has 2 bridgehead atoms. The molecule has 25 heavy (non-hydrogen) atoms. The fourth-order valence-corrected chi connectivity index (χ4v) is 6.40. The molecule has 5 aliphatic rings. The van der Waals surface area contributed by atoms with Gasteiger partial charge in [-0.3, -0.25) is 4.90 Å². The lowest BCUT2D eigenvalue weighted by Gasteiger charge is -2.63. The molecule has 3 aliphatic carbocycles. The first kappa shape index (κ1) is 14.6. The second kappa shape index (κ2) is 4.41. The van der Waals surface area contributed by atoms with Crippen molar-refractivity contribution >= 4 is 0 Å². The lowest BCUT2D eigenvalue weighted by Crippen LogP contribution is -2.75. The highest BCUT2D eigenvalue weighted by atomic mass is 16.5. The predicted molar refractivity (Wildman–Crippen MR) is 93.9 cm³/mol. The molecule has 2 saturated carbocycles. The number of phenolic OH excluding ortho intramolecular Hbond substituents is 1. The molecule has 3 unspecified atom stereocenters. The van der Waals surface area contributed by atoms with Gasteiger partial charge in [0.05, 0.1) is 11.0 Å². The highest BCUT2D eigenvalue weighted by Crippen LogP contribution is 2.65. The topological polar surface area (TPSA) is 52.9 Å². The number of aliphatic hydroxyl groups is 1. The number of aromatic hydroxyl groups is 1. The molecule has 0 radical (unpaired) electrons. The molecule has 6 rings (SSSR count). The second-order valence-electron chi connectivity index (χ2n) is 8.90. The summed E-state index contributed by atoms with van der Waals surface area (Å²) in [5.74, 6) is 2.01. The molecule has 1 spiro atoms. The summed E-state index contributed by atoms with van der Waals surface area (Å²) in [6, 6.07) is 3.72. The lowest BCUT2D eigenvalue weighted by molar-refractivity contribution is -0.174. The third kappa shape index (κ3) is 1.57. The van der Waals surface area contributed by atoms with Crippen LogP contribution in [0.15, 0.2) is 24.3 Å². The fourth-order valence-electron chi connectivity index (χ4n) is 6.40. The molecule has 3 fully saturated rings. The second-order valence-corrected chi connectivity index (χ2v) is 8.90. The lowest BCUT2D eigenvalue weighted by atomic mass is 9.48. The highest BCUT2D eigenvalue weighted by Gasteiger charge is 2.71. The monoisotopic (exact) mass is 339 g/mol. The maximum Gasteiger partial charge on any atom is 0.132 e. The largest absolute Gasteiger partial charge is 0.508 e. The molecular formula is C21H25NO3. The van der Waals surface area contributed by atoms with E-state index < -0.39 is 11.0 Å². The van der Waals surface area contributed by atoms with Crippen LogP contribution in [0.3, 0.4) is 0 Å². The quantitative estimate of drug-likeness (QED) is 0.813. The minimum absolute atomic E-state index is 0.0767. The van der Waals surface area contributed by atoms with E-state index in [-0.39, 0.29) is 12.1 Å². The zero-order valence-corrected chi connectivity index (χ0v) is 14.5. The van der Waals surface area contributed by atoms with Crippen LogP contribution >= 0.6 is 0 Å². The number of benzene rings is 1. The van der Waals surface area contributed by atoms with Crippen LogP contribution in [0.1, 0.15) is 43.2 Å². The van der Waals surface area contributed by atoms with E-state index >= 15 is 0 Å². The zero-order chi connectivity index (χ0) is 17.0. The van der Waals surface area contributed by atoms with E-state index in [2.05, 4.69) is 11.5 Å². The van der Waals surface area contributed by atoms with Gasteiger partial charge in [-0.05, 0) is 68.7 Å². The molecule has 2 heterocycles. The van der Waals surface area contributed by atoms with E-state index in [1.807, 2.05) is 6.07 Å². The molecule has 1 aromatic rings. The Balaban J connectivity index is 1.59. The maximum absolute atomic E-state index is 12.1. The van der Waals surface area contributed by atoms with E-state index in [0.29, 0.717) is 5.75 Å². The van der Waals surface area contributed by atoms with Crippen molar-refractivity contribution in [2.24, 2.45) is 5.92 Å². The standard InChI is InChI=1S/C21H25NO3/c1-12-6-7-21(24)17-10-14-15(23)4-5-16-18(14)20(21,19(12)25-16)8-9-22(17)11-13-2-3-13/h4-5,13,17,19,23-24H,1-3,6-11H2/t17?,19?,20-,21?/m0/s1. The number of rotatable bonds is 2. The average Bonchev–Trinajstić information content (AvgIpc) is 3.33. The van der Waals surface area contributed by atoms with Gasteiger partial charge in [-0.2, -0.15) is 0 Å². The van der Waals surface area contributed by atoms with Crippen molar-refractivity contribution in [1.82, 2.24) is 4.90 Å². The van der Waals surface area contributed by atoms with Gasteiger partial charge < -0.3 is 14.9 Å². The number of hydrogen-bond acceptors (Lipinski definition) is 4. The summed E-state index contributed by atoms with van der Waals surface area (Å²) >= 11 is 0. The number of phenols is 1. The number of likely N-dealkylation sites (tertiary alicyclic amines) is 1. The van der Waals surface area contributed by atoms with Gasteiger partial charge in [0.15, 0.2) is 0 Å². The van der Waals surface area contributed by atoms with Crippen LogP contribution in [0, 0.1) is 5.92 Å². The Bertz CT molecular complexity index is 801. The van der Waals surface area contributed by atoms with Crippen LogP contribution in [-0.4, -0.2) is 45.9 Å². The van der Waals surface area contributed by atoms with E-state index in [1.165, 1.54) is 12.8 Å². The van der Waals surface area contributed by atoms with Crippen LogP contribution in [0.4, 0.5) is 0 Å². The molecular weight excluding hydrogens is 314 g/mol. The first-order valence-electron chi connectivity index (χ1n) is 9.71. The molecule has 4 nitrogen and oxygen atoms in total. The van der Waals surface area contributed by atoms with Crippen LogP contribution < -0.4 is 4.74 Å². The van der Waals surface area contributed by atoms with Gasteiger partial charge in [0.1, 0.15) is 17.6 Å². The Labute approximate surface area is 148 Å². The first-order chi connectivity index (χ1) is 12.0. The molecule has 4 heteroatoms. The SMILES string of the molecule is C=C1CCC2(O)C3Cc4c(O)ccc5c4[C@@]2(CCN3CC2CC2)C1O5. The Morgan fingerprint density at radius 3 is 2.92 bits per heavy atom. The van der Waals surface area contributed by atoms with Crippen molar-refractivity contribution in [3.63, 3.8) is 0 Å². The molecule has 0 amide bonds. The van der Waals surface area contributed by atoms with Gasteiger partial charge in [-0.25, -0.2) is 0 Å². The third-order valence-corrected chi connectivity index (χ3v) is 7.73. The van der Waals surface area contributed by atoms with E-state index in [4.69, 9.17) is 4.74 Å². The van der Waals surface area contributed by atoms with Crippen LogP contribution in [0.2, 0.25) is 0 Å². The van der Waals surface area contributed by atoms with Crippen LogP contribution in [-0.2, 0) is 11.8 Å². The third-order valence-electron chi connectivity index (χ3n) is 7.73. The molecule has 4 atom stereocenters. The summed E-state index contributed by atoms with van der Waals surface area (Å²) in [5, 5.41) is 22.7. The van der Waals surface area contributed by atoms with Gasteiger partial charge >= 0.3 is 0 Å². The van der Waals surface area contributed by atoms with E-state index in [9.17, 15) is 10.2 Å². The molecule has 2 N–H and O–H groups in total. The molecule has 0 aromatic heterocycles. The number of piperidine rings is 1. The number of hydrogen-bond donors (Lipinski definition) is 2. The van der Waals surface area contributed by atoms with Gasteiger partial charge in [0.25, 0.3) is 0 Å². The summed E-state index contributed by atoms with van der Waals surface area (Å²) in [6.45, 7) is 6.38. The molecule has 1 aromatic carbocycles. The van der Waals surface area contributed by atoms with Crippen molar-refractivity contribution in [3.05, 3.63) is 35.4 Å². The normalized spacial score (nSPS) is 41.4. The molecule has 1 saturated heterocycles. The van der Waals surface area contributed by atoms with Gasteiger partial charge in [0.2, 0.25) is 0 Å². The van der Waals surface area contributed by atoms with Crippen LogP contribution in [0.25, 0.3) is 0 Å². The Kier molecular flexibility index (Phi) is 2.58. The van der Waals surface area contributed by atoms with Gasteiger partial charge in [-0.1, -0.05) is 6.58 Å². The summed E-state index contributed by atoms with van der Waals surface area (Å²) < 4.78 is 6.35. The smallest absolute Gasteiger partial charge is 0.132 e. The Morgan fingerprint density at radius 2 is 2.12 bits per heavy atom. The number of nitrogens with zero attached hydrogens (tertiary/aromatic N) is 1. The van der Waals surface area contributed by atoms with E-state index in [1.54, 1.807) is 6.07 Å². The van der Waals surface area contributed by atoms with Gasteiger partial charge in [0, 0.05) is 23.7 Å². The first-order valence-corrected chi connectivity index (χ1v) is 9.71. The average molecular weight is 339 g/mol. The van der Waals surface area contributed by atoms with Crippen molar-refractivity contribution in [2.75, 3.05) is 13.1 Å². The minimum Gasteiger partial charge on any atom is -0.508 e. The Hall–Kier alpha value is -1.52. The van der Waals surface area contributed by atoms with Crippen molar-refractivity contribution < 1.29 is 14.9 Å². The Morgan fingerprint density at radius 1 is 1.28 bits per heavy atom. The summed E-state index contributed by atoms with van der Waals surface area (Å²) in [4.78, 5) is 2.52. The van der Waals surface area contributed by atoms with Crippen LogP contribution in [0.5, 0.6) is 11.5 Å². The zero-order valence-electron chi connectivity index (χ0n) is 14.5. The maximum atomic E-state index is 12.1. The summed E-state index contributed by atoms with van der Waals surface area (Å²) in [6.07, 6.45) is 5.69. The van der Waals surface area contributed by atoms with Gasteiger partial charge in [-0.15, -0.1) is 0 Å². The fraction of sp³-hybridized carbons (Fsp3) is 0.619. The number of ether oxygens (including phenoxy) is 1.